The van der Waals surface area contributed by atoms with Gasteiger partial charge in [-0.05, 0) is 38.4 Å². The fraction of sp³-hybridized carbons (Fsp3) is 0.471. The highest BCUT2D eigenvalue weighted by molar-refractivity contribution is 7.14. The summed E-state index contributed by atoms with van der Waals surface area (Å²) < 4.78 is 4.97. The summed E-state index contributed by atoms with van der Waals surface area (Å²) in [6, 6.07) is 6.01. The van der Waals surface area contributed by atoms with E-state index in [1.54, 1.807) is 17.5 Å². The minimum atomic E-state index is -0.320. The van der Waals surface area contributed by atoms with E-state index in [0.717, 1.165) is 43.2 Å². The minimum absolute atomic E-state index is 0.154. The Morgan fingerprint density at radius 3 is 3.17 bits per heavy atom. The van der Waals surface area contributed by atoms with Crippen LogP contribution in [-0.4, -0.2) is 46.7 Å². The van der Waals surface area contributed by atoms with Crippen molar-refractivity contribution < 1.29 is 9.53 Å². The lowest BCUT2D eigenvalue weighted by Gasteiger charge is -2.32. The number of nitrogens with zero attached hydrogens (tertiary/aromatic N) is 3. The van der Waals surface area contributed by atoms with Crippen LogP contribution in [0.3, 0.4) is 0 Å². The van der Waals surface area contributed by atoms with Crippen molar-refractivity contribution in [1.29, 1.82) is 0 Å². The molecule has 0 aromatic carbocycles. The Hall–Kier alpha value is -1.99. The first-order valence-electron chi connectivity index (χ1n) is 8.26. The third kappa shape index (κ3) is 4.52. The van der Waals surface area contributed by atoms with E-state index in [1.165, 1.54) is 4.88 Å². The lowest BCUT2D eigenvalue weighted by Crippen LogP contribution is -2.47. The predicted molar refractivity (Wildman–Crippen MR) is 93.8 cm³/mol. The van der Waals surface area contributed by atoms with Gasteiger partial charge in [-0.25, -0.2) is 9.78 Å². The molecular weight excluding hydrogens is 324 g/mol. The molecule has 24 heavy (non-hydrogen) atoms. The minimum Gasteiger partial charge on any atom is -0.450 e. The smallest absolute Gasteiger partial charge is 0.407 e. The maximum Gasteiger partial charge on any atom is 0.407 e. The van der Waals surface area contributed by atoms with Crippen molar-refractivity contribution in [3.63, 3.8) is 0 Å². The van der Waals surface area contributed by atoms with Crippen molar-refractivity contribution in [1.82, 2.24) is 20.2 Å². The van der Waals surface area contributed by atoms with Gasteiger partial charge in [0.05, 0.1) is 12.3 Å². The number of hydrogen-bond donors (Lipinski definition) is 1. The van der Waals surface area contributed by atoms with E-state index >= 15 is 0 Å². The van der Waals surface area contributed by atoms with E-state index in [9.17, 15) is 4.79 Å². The molecule has 1 fully saturated rings. The molecule has 0 unspecified atom stereocenters. The molecule has 1 aliphatic heterocycles. The zero-order valence-corrected chi connectivity index (χ0v) is 14.6. The molecule has 0 spiro atoms. The first-order chi connectivity index (χ1) is 11.7. The van der Waals surface area contributed by atoms with Crippen molar-refractivity contribution in [2.24, 2.45) is 0 Å². The maximum absolute atomic E-state index is 11.6. The number of thiazole rings is 1. The number of alkyl carbamates (subject to hydrolysis) is 1. The number of amides is 1. The summed E-state index contributed by atoms with van der Waals surface area (Å²) in [6.07, 6.45) is 5.46. The van der Waals surface area contributed by atoms with Gasteiger partial charge in [-0.2, -0.15) is 0 Å². The standard InChI is InChI=1S/C17H22N4O2S/c1-2-23-17(22)20-13-6-5-9-21(11-13)12-14-10-19-16(24-14)15-7-3-4-8-18-15/h3-4,7-8,10,13H,2,5-6,9,11-12H2,1H3,(H,20,22)/t13-/m0/s1. The second kappa shape index (κ2) is 8.21. The zero-order chi connectivity index (χ0) is 16.8. The van der Waals surface area contributed by atoms with Gasteiger partial charge in [0.25, 0.3) is 0 Å². The lowest BCUT2D eigenvalue weighted by molar-refractivity contribution is 0.133. The number of pyridine rings is 1. The van der Waals surface area contributed by atoms with Crippen LogP contribution in [0, 0.1) is 0 Å². The van der Waals surface area contributed by atoms with E-state index < -0.39 is 0 Å². The van der Waals surface area contributed by atoms with Crippen LogP contribution in [0.1, 0.15) is 24.6 Å². The number of piperidine rings is 1. The van der Waals surface area contributed by atoms with Gasteiger partial charge < -0.3 is 10.1 Å². The van der Waals surface area contributed by atoms with E-state index in [0.29, 0.717) is 6.61 Å². The highest BCUT2D eigenvalue weighted by Gasteiger charge is 2.22. The van der Waals surface area contributed by atoms with Gasteiger partial charge in [-0.3, -0.25) is 9.88 Å². The van der Waals surface area contributed by atoms with Crippen LogP contribution in [0.4, 0.5) is 4.79 Å². The second-order valence-electron chi connectivity index (χ2n) is 5.79. The first-order valence-corrected chi connectivity index (χ1v) is 9.08. The van der Waals surface area contributed by atoms with E-state index in [-0.39, 0.29) is 12.1 Å². The number of rotatable bonds is 5. The zero-order valence-electron chi connectivity index (χ0n) is 13.8. The van der Waals surface area contributed by atoms with Crippen LogP contribution in [0.5, 0.6) is 0 Å². The highest BCUT2D eigenvalue weighted by Crippen LogP contribution is 2.25. The van der Waals surface area contributed by atoms with Gasteiger partial charge >= 0.3 is 6.09 Å². The number of carbonyl (C=O) groups is 1. The molecule has 0 saturated carbocycles. The average molecular weight is 346 g/mol. The van der Waals surface area contributed by atoms with Gasteiger partial charge in [-0.15, -0.1) is 11.3 Å². The Morgan fingerprint density at radius 2 is 2.38 bits per heavy atom. The van der Waals surface area contributed by atoms with Gasteiger partial charge in [0.15, 0.2) is 0 Å². The second-order valence-corrected chi connectivity index (χ2v) is 6.90. The topological polar surface area (TPSA) is 67.3 Å². The number of likely N-dealkylation sites (tertiary alicyclic amines) is 1. The summed E-state index contributed by atoms with van der Waals surface area (Å²) in [5.41, 5.74) is 0.911. The first kappa shape index (κ1) is 16.9. The van der Waals surface area contributed by atoms with Gasteiger partial charge in [0.2, 0.25) is 0 Å². The number of aromatic nitrogens is 2. The number of nitrogens with one attached hydrogen (secondary N) is 1. The van der Waals surface area contributed by atoms with Crippen LogP contribution >= 0.6 is 11.3 Å². The molecule has 2 aromatic rings. The average Bonchev–Trinajstić information content (AvgIpc) is 3.05. The molecule has 2 aromatic heterocycles. The molecule has 0 aliphatic carbocycles. The van der Waals surface area contributed by atoms with Gasteiger partial charge in [0, 0.05) is 36.4 Å². The molecule has 7 heteroatoms. The molecule has 1 N–H and O–H groups in total. The van der Waals surface area contributed by atoms with Crippen LogP contribution in [0.25, 0.3) is 10.7 Å². The summed E-state index contributed by atoms with van der Waals surface area (Å²) in [4.78, 5) is 24.0. The van der Waals surface area contributed by atoms with Crippen LogP contribution < -0.4 is 5.32 Å². The van der Waals surface area contributed by atoms with Crippen LogP contribution in [0.2, 0.25) is 0 Å². The molecule has 128 valence electrons. The Morgan fingerprint density at radius 1 is 1.46 bits per heavy atom. The van der Waals surface area contributed by atoms with E-state index in [1.807, 2.05) is 31.3 Å². The molecule has 0 bridgehead atoms. The molecule has 3 heterocycles. The Balaban J connectivity index is 1.56. The summed E-state index contributed by atoms with van der Waals surface area (Å²) in [5.74, 6) is 0. The van der Waals surface area contributed by atoms with Gasteiger partial charge in [0.1, 0.15) is 5.01 Å². The Kier molecular flexibility index (Phi) is 5.77. The van der Waals surface area contributed by atoms with Crippen molar-refractivity contribution in [2.45, 2.75) is 32.4 Å². The molecular formula is C17H22N4O2S. The molecule has 6 nitrogen and oxygen atoms in total. The van der Waals surface area contributed by atoms with Crippen molar-refractivity contribution in [3.05, 3.63) is 35.5 Å². The maximum atomic E-state index is 11.6. The highest BCUT2D eigenvalue weighted by atomic mass is 32.1. The third-order valence-electron chi connectivity index (χ3n) is 3.92. The Bertz CT molecular complexity index is 662. The van der Waals surface area contributed by atoms with Crippen molar-refractivity contribution in [2.75, 3.05) is 19.7 Å². The van der Waals surface area contributed by atoms with E-state index in [2.05, 4.69) is 20.2 Å². The van der Waals surface area contributed by atoms with Crippen molar-refractivity contribution in [3.8, 4) is 10.7 Å². The van der Waals surface area contributed by atoms with Gasteiger partial charge in [-0.1, -0.05) is 6.07 Å². The molecule has 1 atom stereocenters. The SMILES string of the molecule is CCOC(=O)N[C@H]1CCCN(Cc2cnc(-c3ccccn3)s2)C1. The molecule has 1 saturated heterocycles. The molecule has 1 aliphatic rings. The molecule has 0 radical (unpaired) electrons. The van der Waals surface area contributed by atoms with Crippen LogP contribution in [0.15, 0.2) is 30.6 Å². The summed E-state index contributed by atoms with van der Waals surface area (Å²) in [6.45, 7) is 4.95. The quantitative estimate of drug-likeness (QED) is 0.902. The number of hydrogen-bond acceptors (Lipinski definition) is 6. The van der Waals surface area contributed by atoms with Crippen molar-refractivity contribution >= 4 is 17.4 Å². The molecule has 1 amide bonds. The number of carbonyl (C=O) groups excluding carboxylic acids is 1. The lowest BCUT2D eigenvalue weighted by atomic mass is 10.1. The third-order valence-corrected chi connectivity index (χ3v) is 4.92. The Labute approximate surface area is 145 Å². The predicted octanol–water partition coefficient (Wildman–Crippen LogP) is 2.92. The summed E-state index contributed by atoms with van der Waals surface area (Å²) in [5, 5.41) is 3.89. The summed E-state index contributed by atoms with van der Waals surface area (Å²) in [7, 11) is 0. The monoisotopic (exact) mass is 346 g/mol. The normalized spacial score (nSPS) is 18.3. The van der Waals surface area contributed by atoms with E-state index in [4.69, 9.17) is 4.74 Å². The fourth-order valence-electron chi connectivity index (χ4n) is 2.87. The number of ether oxygens (including phenoxy) is 1. The molecule has 3 rings (SSSR count). The van der Waals surface area contributed by atoms with Crippen LogP contribution in [-0.2, 0) is 11.3 Å². The summed E-state index contributed by atoms with van der Waals surface area (Å²) >= 11 is 1.68. The fourth-order valence-corrected chi connectivity index (χ4v) is 3.80. The largest absolute Gasteiger partial charge is 0.450 e.